The predicted octanol–water partition coefficient (Wildman–Crippen LogP) is 4.47. The van der Waals surface area contributed by atoms with E-state index in [9.17, 15) is 0 Å². The van der Waals surface area contributed by atoms with Crippen LogP contribution in [0.1, 0.15) is 50.1 Å². The van der Waals surface area contributed by atoms with Crippen LogP contribution in [0, 0.1) is 19.8 Å². The summed E-state index contributed by atoms with van der Waals surface area (Å²) in [5.74, 6) is 2.07. The Morgan fingerprint density at radius 2 is 1.90 bits per heavy atom. The van der Waals surface area contributed by atoms with Crippen LogP contribution in [0.2, 0.25) is 0 Å². The van der Waals surface area contributed by atoms with E-state index in [-0.39, 0.29) is 6.10 Å². The Kier molecular flexibility index (Phi) is 5.17. The van der Waals surface area contributed by atoms with Gasteiger partial charge < -0.3 is 10.1 Å². The Labute approximate surface area is 131 Å². The average molecular weight is 307 g/mol. The van der Waals surface area contributed by atoms with Gasteiger partial charge in [0.25, 0.3) is 0 Å². The molecule has 0 saturated heterocycles. The first-order chi connectivity index (χ1) is 9.99. The van der Waals surface area contributed by atoms with Crippen molar-refractivity contribution < 1.29 is 4.74 Å². The third-order valence-corrected chi connectivity index (χ3v) is 4.70. The SMILES string of the molecule is CCNc1nc(C(OCC)C(C)C)nc2sc(C)c(C)c12. The van der Waals surface area contributed by atoms with Gasteiger partial charge in [-0.1, -0.05) is 13.8 Å². The minimum Gasteiger partial charge on any atom is -0.370 e. The van der Waals surface area contributed by atoms with Gasteiger partial charge in [-0.05, 0) is 39.2 Å². The van der Waals surface area contributed by atoms with Gasteiger partial charge in [-0.2, -0.15) is 0 Å². The molecule has 2 heterocycles. The van der Waals surface area contributed by atoms with Gasteiger partial charge in [-0.15, -0.1) is 11.3 Å². The zero-order chi connectivity index (χ0) is 15.6. The largest absolute Gasteiger partial charge is 0.370 e. The number of fused-ring (bicyclic) bond motifs is 1. The van der Waals surface area contributed by atoms with Crippen LogP contribution in [0.15, 0.2) is 0 Å². The van der Waals surface area contributed by atoms with Gasteiger partial charge in [0.15, 0.2) is 5.82 Å². The van der Waals surface area contributed by atoms with Crippen molar-refractivity contribution in [2.24, 2.45) is 5.92 Å². The normalized spacial score (nSPS) is 13.1. The van der Waals surface area contributed by atoms with Crippen LogP contribution in [0.5, 0.6) is 0 Å². The molecule has 5 heteroatoms. The lowest BCUT2D eigenvalue weighted by atomic mass is 10.1. The smallest absolute Gasteiger partial charge is 0.161 e. The van der Waals surface area contributed by atoms with Crippen LogP contribution in [0.25, 0.3) is 10.2 Å². The fourth-order valence-corrected chi connectivity index (χ4v) is 3.47. The highest BCUT2D eigenvalue weighted by atomic mass is 32.1. The lowest BCUT2D eigenvalue weighted by molar-refractivity contribution is 0.0236. The summed E-state index contributed by atoms with van der Waals surface area (Å²) >= 11 is 1.73. The standard InChI is InChI=1S/C16H25N3OS/c1-7-17-14-12-10(5)11(6)21-16(12)19-15(18-14)13(9(3)4)20-8-2/h9,13H,7-8H2,1-6H3,(H,17,18,19). The quantitative estimate of drug-likeness (QED) is 0.855. The molecule has 2 rings (SSSR count). The second-order valence-corrected chi connectivity index (χ2v) is 6.75. The fraction of sp³-hybridized carbons (Fsp3) is 0.625. The molecule has 1 atom stereocenters. The fourth-order valence-electron chi connectivity index (χ4n) is 2.43. The molecule has 2 aromatic heterocycles. The first-order valence-corrected chi connectivity index (χ1v) is 8.44. The monoisotopic (exact) mass is 307 g/mol. The van der Waals surface area contributed by atoms with Gasteiger partial charge in [-0.25, -0.2) is 9.97 Å². The van der Waals surface area contributed by atoms with Crippen molar-refractivity contribution in [2.75, 3.05) is 18.5 Å². The molecule has 21 heavy (non-hydrogen) atoms. The first-order valence-electron chi connectivity index (χ1n) is 7.62. The number of hydrogen-bond acceptors (Lipinski definition) is 5. The van der Waals surface area contributed by atoms with E-state index in [0.29, 0.717) is 12.5 Å². The van der Waals surface area contributed by atoms with Crippen LogP contribution in [0.4, 0.5) is 5.82 Å². The molecule has 116 valence electrons. The molecule has 0 aliphatic carbocycles. The summed E-state index contributed by atoms with van der Waals surface area (Å²) < 4.78 is 5.86. The van der Waals surface area contributed by atoms with Crippen LogP contribution >= 0.6 is 11.3 Å². The Morgan fingerprint density at radius 1 is 1.19 bits per heavy atom. The van der Waals surface area contributed by atoms with E-state index in [1.165, 1.54) is 10.4 Å². The molecule has 0 saturated carbocycles. The molecule has 1 N–H and O–H groups in total. The highest BCUT2D eigenvalue weighted by molar-refractivity contribution is 7.18. The van der Waals surface area contributed by atoms with Crippen LogP contribution < -0.4 is 5.32 Å². The molecule has 0 aromatic carbocycles. The van der Waals surface area contributed by atoms with E-state index in [4.69, 9.17) is 14.7 Å². The molecule has 0 fully saturated rings. The number of ether oxygens (including phenoxy) is 1. The molecule has 0 aliphatic rings. The highest BCUT2D eigenvalue weighted by Crippen LogP contribution is 2.35. The molecule has 0 radical (unpaired) electrons. The summed E-state index contributed by atoms with van der Waals surface area (Å²) in [6.07, 6.45) is -0.0560. The third kappa shape index (κ3) is 3.19. The van der Waals surface area contributed by atoms with Crippen molar-refractivity contribution in [3.63, 3.8) is 0 Å². The van der Waals surface area contributed by atoms with Gasteiger partial charge >= 0.3 is 0 Å². The van der Waals surface area contributed by atoms with Crippen molar-refractivity contribution in [1.29, 1.82) is 0 Å². The van der Waals surface area contributed by atoms with Crippen LogP contribution in [0.3, 0.4) is 0 Å². The van der Waals surface area contributed by atoms with E-state index in [2.05, 4.69) is 39.9 Å². The number of hydrogen-bond donors (Lipinski definition) is 1. The minimum absolute atomic E-state index is 0.0560. The maximum Gasteiger partial charge on any atom is 0.161 e. The molecule has 0 bridgehead atoms. The van der Waals surface area contributed by atoms with Crippen molar-refractivity contribution in [3.05, 3.63) is 16.3 Å². The van der Waals surface area contributed by atoms with Gasteiger partial charge in [-0.3, -0.25) is 0 Å². The zero-order valence-corrected chi connectivity index (χ0v) is 14.6. The van der Waals surface area contributed by atoms with Gasteiger partial charge in [0, 0.05) is 18.0 Å². The molecule has 1 unspecified atom stereocenters. The van der Waals surface area contributed by atoms with E-state index < -0.39 is 0 Å². The Morgan fingerprint density at radius 3 is 2.48 bits per heavy atom. The highest BCUT2D eigenvalue weighted by Gasteiger charge is 2.22. The second-order valence-electron chi connectivity index (χ2n) is 5.54. The Hall–Kier alpha value is -1.20. The second kappa shape index (κ2) is 6.71. The molecular weight excluding hydrogens is 282 g/mol. The number of anilines is 1. The molecule has 0 amide bonds. The summed E-state index contributed by atoms with van der Waals surface area (Å²) in [4.78, 5) is 11.9. The minimum atomic E-state index is -0.0560. The first kappa shape index (κ1) is 16.2. The molecule has 4 nitrogen and oxygen atoms in total. The van der Waals surface area contributed by atoms with Gasteiger partial charge in [0.05, 0.1) is 5.39 Å². The summed E-state index contributed by atoms with van der Waals surface area (Å²) in [6, 6.07) is 0. The number of aryl methyl sites for hydroxylation is 2. The van der Waals surface area contributed by atoms with Crippen molar-refractivity contribution >= 4 is 27.4 Å². The van der Waals surface area contributed by atoms with E-state index in [1.54, 1.807) is 11.3 Å². The third-order valence-electron chi connectivity index (χ3n) is 3.60. The summed E-state index contributed by atoms with van der Waals surface area (Å²) in [6.45, 7) is 14.2. The lowest BCUT2D eigenvalue weighted by Gasteiger charge is -2.20. The topological polar surface area (TPSA) is 47.0 Å². The van der Waals surface area contributed by atoms with Gasteiger partial charge in [0.2, 0.25) is 0 Å². The summed E-state index contributed by atoms with van der Waals surface area (Å²) in [7, 11) is 0. The van der Waals surface area contributed by atoms with Gasteiger partial charge in [0.1, 0.15) is 16.8 Å². The Balaban J connectivity index is 2.60. The number of aromatic nitrogens is 2. The number of thiophene rings is 1. The molecule has 0 aliphatic heterocycles. The van der Waals surface area contributed by atoms with Crippen LogP contribution in [-0.2, 0) is 4.74 Å². The number of nitrogens with zero attached hydrogens (tertiary/aromatic N) is 2. The van der Waals surface area contributed by atoms with E-state index >= 15 is 0 Å². The van der Waals surface area contributed by atoms with E-state index in [1.807, 2.05) is 6.92 Å². The van der Waals surface area contributed by atoms with Crippen LogP contribution in [-0.4, -0.2) is 23.1 Å². The molecule has 0 spiro atoms. The maximum absolute atomic E-state index is 5.86. The van der Waals surface area contributed by atoms with Crippen molar-refractivity contribution in [3.8, 4) is 0 Å². The lowest BCUT2D eigenvalue weighted by Crippen LogP contribution is -2.16. The predicted molar refractivity (Wildman–Crippen MR) is 90.3 cm³/mol. The summed E-state index contributed by atoms with van der Waals surface area (Å²) in [5, 5.41) is 4.54. The summed E-state index contributed by atoms with van der Waals surface area (Å²) in [5.41, 5.74) is 1.27. The number of nitrogens with one attached hydrogen (secondary N) is 1. The number of rotatable bonds is 6. The average Bonchev–Trinajstić information content (AvgIpc) is 2.71. The molecular formula is C16H25N3OS. The van der Waals surface area contributed by atoms with E-state index in [0.717, 1.165) is 28.4 Å². The molecule has 2 aromatic rings. The zero-order valence-electron chi connectivity index (χ0n) is 13.8. The van der Waals surface area contributed by atoms with Crippen molar-refractivity contribution in [1.82, 2.24) is 9.97 Å². The maximum atomic E-state index is 5.86. The van der Waals surface area contributed by atoms with Crippen molar-refractivity contribution in [2.45, 2.75) is 47.6 Å². The Bertz CT molecular complexity index is 621.